The summed E-state index contributed by atoms with van der Waals surface area (Å²) < 4.78 is 39.0. The molecule has 21 heavy (non-hydrogen) atoms. The molecule has 1 saturated carbocycles. The van der Waals surface area contributed by atoms with Crippen molar-refractivity contribution in [3.8, 4) is 0 Å². The highest BCUT2D eigenvalue weighted by Crippen LogP contribution is 2.28. The zero-order valence-corrected chi connectivity index (χ0v) is 11.4. The summed E-state index contributed by atoms with van der Waals surface area (Å²) in [5, 5.41) is 7.22. The molecule has 1 aliphatic rings. The van der Waals surface area contributed by atoms with Gasteiger partial charge in [0.05, 0.1) is 18.3 Å². The highest BCUT2D eigenvalue weighted by atomic mass is 19.4. The van der Waals surface area contributed by atoms with Gasteiger partial charge in [-0.1, -0.05) is 24.3 Å². The predicted molar refractivity (Wildman–Crippen MR) is 72.6 cm³/mol. The van der Waals surface area contributed by atoms with Crippen molar-refractivity contribution in [1.82, 2.24) is 15.1 Å². The van der Waals surface area contributed by atoms with E-state index in [0.717, 1.165) is 30.1 Å². The Morgan fingerprint density at radius 1 is 1.19 bits per heavy atom. The van der Waals surface area contributed by atoms with E-state index in [9.17, 15) is 13.2 Å². The van der Waals surface area contributed by atoms with E-state index < -0.39 is 11.7 Å². The number of benzene rings is 1. The molecule has 3 nitrogen and oxygen atoms in total. The third kappa shape index (κ3) is 3.64. The average Bonchev–Trinajstić information content (AvgIpc) is 3.14. The largest absolute Gasteiger partial charge is 0.419 e. The summed E-state index contributed by atoms with van der Waals surface area (Å²) in [5.41, 5.74) is 1.38. The van der Waals surface area contributed by atoms with Crippen molar-refractivity contribution < 1.29 is 13.2 Å². The van der Waals surface area contributed by atoms with E-state index in [2.05, 4.69) is 10.4 Å². The van der Waals surface area contributed by atoms with Crippen LogP contribution in [0, 0.1) is 0 Å². The van der Waals surface area contributed by atoms with Crippen LogP contribution in [0.5, 0.6) is 0 Å². The van der Waals surface area contributed by atoms with Crippen molar-refractivity contribution >= 4 is 0 Å². The number of nitrogens with one attached hydrogen (secondary N) is 1. The normalized spacial score (nSPS) is 15.4. The fourth-order valence-corrected chi connectivity index (χ4v) is 2.20. The van der Waals surface area contributed by atoms with E-state index in [4.69, 9.17) is 0 Å². The number of alkyl halides is 3. The van der Waals surface area contributed by atoms with Crippen molar-refractivity contribution in [3.05, 3.63) is 53.3 Å². The molecule has 6 heteroatoms. The SMILES string of the molecule is FC(F)(F)c1cnn(Cc2ccccc2CNC2CC2)c1. The van der Waals surface area contributed by atoms with Crippen molar-refractivity contribution in [1.29, 1.82) is 0 Å². The van der Waals surface area contributed by atoms with Crippen LogP contribution >= 0.6 is 0 Å². The summed E-state index contributed by atoms with van der Waals surface area (Å²) in [6, 6.07) is 8.36. The van der Waals surface area contributed by atoms with Crippen LogP contribution in [0.2, 0.25) is 0 Å². The number of hydrogen-bond acceptors (Lipinski definition) is 2. The maximum absolute atomic E-state index is 12.6. The Labute approximate surface area is 120 Å². The Hall–Kier alpha value is -1.82. The lowest BCUT2D eigenvalue weighted by Crippen LogP contribution is -2.17. The number of halogens is 3. The van der Waals surface area contributed by atoms with Gasteiger partial charge in [0, 0.05) is 18.8 Å². The third-order valence-electron chi connectivity index (χ3n) is 3.57. The number of aromatic nitrogens is 2. The molecule has 2 aromatic rings. The number of nitrogens with zero attached hydrogens (tertiary/aromatic N) is 2. The molecule has 0 bridgehead atoms. The zero-order valence-electron chi connectivity index (χ0n) is 11.4. The molecule has 0 unspecified atom stereocenters. The number of hydrogen-bond donors (Lipinski definition) is 1. The Morgan fingerprint density at radius 2 is 1.90 bits per heavy atom. The maximum atomic E-state index is 12.6. The fraction of sp³-hybridized carbons (Fsp3) is 0.400. The van der Waals surface area contributed by atoms with Gasteiger partial charge in [0.2, 0.25) is 0 Å². The van der Waals surface area contributed by atoms with Gasteiger partial charge in [0.1, 0.15) is 0 Å². The van der Waals surface area contributed by atoms with Gasteiger partial charge in [-0.3, -0.25) is 4.68 Å². The Bertz CT molecular complexity index is 615. The molecule has 1 aromatic carbocycles. The molecule has 1 N–H and O–H groups in total. The molecular formula is C15H16F3N3. The molecule has 1 aliphatic carbocycles. The van der Waals surface area contributed by atoms with Crippen LogP contribution < -0.4 is 5.32 Å². The van der Waals surface area contributed by atoms with Crippen LogP contribution in [0.15, 0.2) is 36.7 Å². The summed E-state index contributed by atoms with van der Waals surface area (Å²) in [5.74, 6) is 0. The van der Waals surface area contributed by atoms with E-state index in [1.54, 1.807) is 0 Å². The standard InChI is InChI=1S/C15H16F3N3/c16-15(17,18)13-8-20-21(10-13)9-12-4-2-1-3-11(12)7-19-14-5-6-14/h1-4,8,10,14,19H,5-7,9H2. The van der Waals surface area contributed by atoms with Gasteiger partial charge >= 0.3 is 6.18 Å². The summed E-state index contributed by atoms with van der Waals surface area (Å²) in [4.78, 5) is 0. The summed E-state index contributed by atoms with van der Waals surface area (Å²) in [7, 11) is 0. The molecule has 0 radical (unpaired) electrons. The molecule has 0 amide bonds. The highest BCUT2D eigenvalue weighted by Gasteiger charge is 2.32. The highest BCUT2D eigenvalue weighted by molar-refractivity contribution is 5.27. The van der Waals surface area contributed by atoms with Crippen LogP contribution in [-0.2, 0) is 19.3 Å². The lowest BCUT2D eigenvalue weighted by molar-refractivity contribution is -0.137. The molecular weight excluding hydrogens is 279 g/mol. The second-order valence-electron chi connectivity index (χ2n) is 5.35. The molecule has 1 fully saturated rings. The van der Waals surface area contributed by atoms with Crippen molar-refractivity contribution in [2.45, 2.75) is 38.1 Å². The minimum absolute atomic E-state index is 0.346. The first-order valence-corrected chi connectivity index (χ1v) is 6.92. The average molecular weight is 295 g/mol. The van der Waals surface area contributed by atoms with Crippen LogP contribution in [0.1, 0.15) is 29.5 Å². The Kier molecular flexibility index (Phi) is 3.71. The minimum Gasteiger partial charge on any atom is -0.310 e. The first-order chi connectivity index (χ1) is 10.0. The van der Waals surface area contributed by atoms with Crippen molar-refractivity contribution in [2.75, 3.05) is 0 Å². The van der Waals surface area contributed by atoms with Crippen molar-refractivity contribution in [2.24, 2.45) is 0 Å². The van der Waals surface area contributed by atoms with Gasteiger partial charge in [-0.25, -0.2) is 0 Å². The van der Waals surface area contributed by atoms with Crippen molar-refractivity contribution in [3.63, 3.8) is 0 Å². The Balaban J connectivity index is 1.73. The summed E-state index contributed by atoms with van der Waals surface area (Å²) in [6.07, 6.45) is -0.0199. The molecule has 1 aromatic heterocycles. The molecule has 112 valence electrons. The maximum Gasteiger partial charge on any atom is 0.419 e. The van der Waals surface area contributed by atoms with Gasteiger partial charge < -0.3 is 5.32 Å². The number of rotatable bonds is 5. The lowest BCUT2D eigenvalue weighted by atomic mass is 10.1. The van der Waals surface area contributed by atoms with Crippen LogP contribution in [-0.4, -0.2) is 15.8 Å². The first-order valence-electron chi connectivity index (χ1n) is 6.92. The lowest BCUT2D eigenvalue weighted by Gasteiger charge is -2.10. The quantitative estimate of drug-likeness (QED) is 0.918. The summed E-state index contributed by atoms with van der Waals surface area (Å²) in [6.45, 7) is 1.09. The van der Waals surface area contributed by atoms with Gasteiger partial charge in [-0.2, -0.15) is 18.3 Å². The van der Waals surface area contributed by atoms with Gasteiger partial charge in [-0.15, -0.1) is 0 Å². The second kappa shape index (κ2) is 5.52. The smallest absolute Gasteiger partial charge is 0.310 e. The van der Waals surface area contributed by atoms with E-state index in [-0.39, 0.29) is 0 Å². The van der Waals surface area contributed by atoms with Gasteiger partial charge in [0.15, 0.2) is 0 Å². The molecule has 0 atom stereocenters. The molecule has 1 heterocycles. The van der Waals surface area contributed by atoms with Gasteiger partial charge in [0.25, 0.3) is 0 Å². The van der Waals surface area contributed by atoms with E-state index in [0.29, 0.717) is 12.6 Å². The third-order valence-corrected chi connectivity index (χ3v) is 3.57. The van der Waals surface area contributed by atoms with E-state index in [1.807, 2.05) is 24.3 Å². The first kappa shape index (κ1) is 14.1. The zero-order chi connectivity index (χ0) is 14.9. The topological polar surface area (TPSA) is 29.9 Å². The van der Waals surface area contributed by atoms with Crippen LogP contribution in [0.3, 0.4) is 0 Å². The summed E-state index contributed by atoms with van der Waals surface area (Å²) >= 11 is 0. The monoisotopic (exact) mass is 295 g/mol. The fourth-order valence-electron chi connectivity index (χ4n) is 2.20. The van der Waals surface area contributed by atoms with Crippen LogP contribution in [0.4, 0.5) is 13.2 Å². The Morgan fingerprint density at radius 3 is 2.52 bits per heavy atom. The van der Waals surface area contributed by atoms with Crippen LogP contribution in [0.25, 0.3) is 0 Å². The minimum atomic E-state index is -4.34. The molecule has 3 rings (SSSR count). The predicted octanol–water partition coefficient (Wildman–Crippen LogP) is 3.20. The molecule has 0 saturated heterocycles. The van der Waals surface area contributed by atoms with Gasteiger partial charge in [-0.05, 0) is 24.0 Å². The van der Waals surface area contributed by atoms with E-state index >= 15 is 0 Å². The molecule has 0 aliphatic heterocycles. The molecule has 0 spiro atoms. The van der Waals surface area contributed by atoms with E-state index in [1.165, 1.54) is 17.5 Å². The second-order valence-corrected chi connectivity index (χ2v) is 5.35.